The molecule has 1 heterocycles. The van der Waals surface area contributed by atoms with Crippen molar-refractivity contribution >= 4 is 11.8 Å². The van der Waals surface area contributed by atoms with Crippen molar-refractivity contribution in [3.8, 4) is 0 Å². The van der Waals surface area contributed by atoms with Crippen LogP contribution in [0.4, 0.5) is 11.8 Å². The molecular formula is C12H20N4O. The molecule has 0 saturated heterocycles. The van der Waals surface area contributed by atoms with Crippen LogP contribution < -0.4 is 11.1 Å². The minimum atomic E-state index is 0.233. The van der Waals surface area contributed by atoms with Gasteiger partial charge >= 0.3 is 0 Å². The van der Waals surface area contributed by atoms with Crippen LogP contribution in [0.2, 0.25) is 0 Å². The van der Waals surface area contributed by atoms with E-state index in [2.05, 4.69) is 15.3 Å². The molecule has 1 aliphatic carbocycles. The van der Waals surface area contributed by atoms with Crippen molar-refractivity contribution in [2.45, 2.75) is 38.6 Å². The van der Waals surface area contributed by atoms with Gasteiger partial charge in [-0.15, -0.1) is 0 Å². The second-order valence-electron chi connectivity index (χ2n) is 4.73. The van der Waals surface area contributed by atoms with Crippen molar-refractivity contribution in [3.63, 3.8) is 0 Å². The Morgan fingerprint density at radius 2 is 2.18 bits per heavy atom. The van der Waals surface area contributed by atoms with Crippen molar-refractivity contribution in [2.24, 2.45) is 5.92 Å². The lowest BCUT2D eigenvalue weighted by atomic mass is 9.85. The molecular weight excluding hydrogens is 216 g/mol. The second kappa shape index (κ2) is 5.31. The van der Waals surface area contributed by atoms with E-state index in [4.69, 9.17) is 5.73 Å². The highest BCUT2D eigenvalue weighted by atomic mass is 16.3. The molecule has 1 aromatic rings. The molecule has 1 aliphatic rings. The van der Waals surface area contributed by atoms with Gasteiger partial charge in [0.05, 0.1) is 0 Å². The van der Waals surface area contributed by atoms with Gasteiger partial charge in [-0.25, -0.2) is 4.98 Å². The molecule has 5 heteroatoms. The Labute approximate surface area is 101 Å². The molecule has 0 aromatic carbocycles. The van der Waals surface area contributed by atoms with E-state index in [1.807, 2.05) is 13.0 Å². The Morgan fingerprint density at radius 3 is 2.88 bits per heavy atom. The van der Waals surface area contributed by atoms with Crippen LogP contribution in [0.5, 0.6) is 0 Å². The molecule has 0 bridgehead atoms. The summed E-state index contributed by atoms with van der Waals surface area (Å²) < 4.78 is 0. The molecule has 0 aliphatic heterocycles. The molecule has 0 radical (unpaired) electrons. The zero-order valence-corrected chi connectivity index (χ0v) is 10.2. The molecule has 5 nitrogen and oxygen atoms in total. The molecule has 1 fully saturated rings. The lowest BCUT2D eigenvalue weighted by Gasteiger charge is -2.31. The Morgan fingerprint density at radius 1 is 1.41 bits per heavy atom. The Hall–Kier alpha value is -1.36. The summed E-state index contributed by atoms with van der Waals surface area (Å²) in [5.74, 6) is 1.38. The van der Waals surface area contributed by atoms with Gasteiger partial charge in [-0.1, -0.05) is 12.8 Å². The highest BCUT2D eigenvalue weighted by molar-refractivity contribution is 5.41. The van der Waals surface area contributed by atoms with Crippen LogP contribution in [0.25, 0.3) is 0 Å². The van der Waals surface area contributed by atoms with Gasteiger partial charge in [0.25, 0.3) is 0 Å². The van der Waals surface area contributed by atoms with E-state index >= 15 is 0 Å². The lowest BCUT2D eigenvalue weighted by molar-refractivity contribution is 0.178. The monoisotopic (exact) mass is 236 g/mol. The van der Waals surface area contributed by atoms with E-state index in [0.717, 1.165) is 24.4 Å². The topological polar surface area (TPSA) is 84.1 Å². The quantitative estimate of drug-likeness (QED) is 0.737. The number of hydrogen-bond donors (Lipinski definition) is 3. The van der Waals surface area contributed by atoms with Crippen molar-refractivity contribution in [2.75, 3.05) is 17.7 Å². The van der Waals surface area contributed by atoms with Gasteiger partial charge in [-0.05, 0) is 19.8 Å². The number of nitrogens with zero attached hydrogens (tertiary/aromatic N) is 2. The fourth-order valence-corrected chi connectivity index (χ4v) is 2.47. The number of rotatable bonds is 3. The van der Waals surface area contributed by atoms with Crippen LogP contribution in [0.3, 0.4) is 0 Å². The third-order valence-corrected chi connectivity index (χ3v) is 3.35. The molecule has 0 spiro atoms. The summed E-state index contributed by atoms with van der Waals surface area (Å²) in [5.41, 5.74) is 6.48. The normalized spacial score (nSPS) is 24.6. The average molecular weight is 236 g/mol. The molecule has 2 atom stereocenters. The van der Waals surface area contributed by atoms with E-state index in [1.165, 1.54) is 12.8 Å². The van der Waals surface area contributed by atoms with Crippen molar-refractivity contribution in [1.29, 1.82) is 0 Å². The maximum atomic E-state index is 9.35. The van der Waals surface area contributed by atoms with Crippen molar-refractivity contribution < 1.29 is 5.11 Å². The smallest absolute Gasteiger partial charge is 0.222 e. The molecule has 94 valence electrons. The van der Waals surface area contributed by atoms with Gasteiger partial charge < -0.3 is 16.2 Å². The summed E-state index contributed by atoms with van der Waals surface area (Å²) in [7, 11) is 0. The third kappa shape index (κ3) is 3.06. The number of aliphatic hydroxyl groups excluding tert-OH is 1. The maximum Gasteiger partial charge on any atom is 0.222 e. The average Bonchev–Trinajstić information content (AvgIpc) is 2.28. The highest BCUT2D eigenvalue weighted by Crippen LogP contribution is 2.26. The first-order valence-electron chi connectivity index (χ1n) is 6.17. The SMILES string of the molecule is Cc1cc(NC2CCCCC2CO)nc(N)n1. The largest absolute Gasteiger partial charge is 0.396 e. The number of aromatic nitrogens is 2. The fraction of sp³-hybridized carbons (Fsp3) is 0.667. The summed E-state index contributed by atoms with van der Waals surface area (Å²) in [5, 5.41) is 12.7. The number of nitrogens with two attached hydrogens (primary N) is 1. The minimum Gasteiger partial charge on any atom is -0.396 e. The summed E-state index contributed by atoms with van der Waals surface area (Å²) in [6.07, 6.45) is 4.56. The van der Waals surface area contributed by atoms with Crippen LogP contribution in [0.1, 0.15) is 31.4 Å². The number of anilines is 2. The Bertz CT molecular complexity index is 363. The standard InChI is InChI=1S/C12H20N4O/c1-8-6-11(16-12(13)14-8)15-10-5-3-2-4-9(10)7-17/h6,9-10,17H,2-5,7H2,1H3,(H3,13,14,15,16). The predicted molar refractivity (Wildman–Crippen MR) is 67.6 cm³/mol. The Kier molecular flexibility index (Phi) is 3.78. The van der Waals surface area contributed by atoms with Crippen LogP contribution in [0, 0.1) is 12.8 Å². The van der Waals surface area contributed by atoms with Crippen LogP contribution in [0.15, 0.2) is 6.07 Å². The summed E-state index contributed by atoms with van der Waals surface area (Å²) >= 11 is 0. The van der Waals surface area contributed by atoms with E-state index < -0.39 is 0 Å². The van der Waals surface area contributed by atoms with Gasteiger partial charge in [0.1, 0.15) is 5.82 Å². The number of aryl methyl sites for hydroxylation is 1. The van der Waals surface area contributed by atoms with Gasteiger partial charge in [-0.2, -0.15) is 4.98 Å². The molecule has 1 saturated carbocycles. The summed E-state index contributed by atoms with van der Waals surface area (Å²) in [4.78, 5) is 8.21. The molecule has 2 rings (SSSR count). The van der Waals surface area contributed by atoms with Gasteiger partial charge in [-0.3, -0.25) is 0 Å². The van der Waals surface area contributed by atoms with Gasteiger partial charge in [0, 0.05) is 30.3 Å². The number of nitrogen functional groups attached to an aromatic ring is 1. The lowest BCUT2D eigenvalue weighted by Crippen LogP contribution is -2.34. The molecule has 0 amide bonds. The van der Waals surface area contributed by atoms with E-state index in [-0.39, 0.29) is 6.61 Å². The van der Waals surface area contributed by atoms with Gasteiger partial charge in [0.15, 0.2) is 0 Å². The third-order valence-electron chi connectivity index (χ3n) is 3.35. The van der Waals surface area contributed by atoms with E-state index in [1.54, 1.807) is 0 Å². The summed E-state index contributed by atoms with van der Waals surface area (Å²) in [6, 6.07) is 2.18. The number of hydrogen-bond acceptors (Lipinski definition) is 5. The maximum absolute atomic E-state index is 9.35. The first-order chi connectivity index (χ1) is 8.19. The first-order valence-corrected chi connectivity index (χ1v) is 6.17. The zero-order valence-electron chi connectivity index (χ0n) is 10.2. The summed E-state index contributed by atoms with van der Waals surface area (Å²) in [6.45, 7) is 2.13. The van der Waals surface area contributed by atoms with Crippen molar-refractivity contribution in [1.82, 2.24) is 9.97 Å². The Balaban J connectivity index is 2.08. The molecule has 17 heavy (non-hydrogen) atoms. The zero-order chi connectivity index (χ0) is 12.3. The number of nitrogens with one attached hydrogen (secondary N) is 1. The molecule has 2 unspecified atom stereocenters. The van der Waals surface area contributed by atoms with E-state index in [0.29, 0.717) is 17.9 Å². The van der Waals surface area contributed by atoms with Crippen LogP contribution >= 0.6 is 0 Å². The fourth-order valence-electron chi connectivity index (χ4n) is 2.47. The predicted octanol–water partition coefficient (Wildman–Crippen LogP) is 1.33. The molecule has 1 aromatic heterocycles. The second-order valence-corrected chi connectivity index (χ2v) is 4.73. The minimum absolute atomic E-state index is 0.233. The highest BCUT2D eigenvalue weighted by Gasteiger charge is 2.24. The van der Waals surface area contributed by atoms with Crippen molar-refractivity contribution in [3.05, 3.63) is 11.8 Å². The van der Waals surface area contributed by atoms with Crippen LogP contribution in [-0.4, -0.2) is 27.7 Å². The molecule has 4 N–H and O–H groups in total. The first kappa shape index (κ1) is 12.1. The van der Waals surface area contributed by atoms with E-state index in [9.17, 15) is 5.11 Å². The van der Waals surface area contributed by atoms with Crippen LogP contribution in [-0.2, 0) is 0 Å². The van der Waals surface area contributed by atoms with Gasteiger partial charge in [0.2, 0.25) is 5.95 Å². The number of aliphatic hydroxyl groups is 1.